The quantitative estimate of drug-likeness (QED) is 0.140. The smallest absolute Gasteiger partial charge is 0.291 e. The molecule has 0 fully saturated rings. The lowest BCUT2D eigenvalue weighted by Gasteiger charge is -2.09. The van der Waals surface area contributed by atoms with Gasteiger partial charge in [0.2, 0.25) is 4.96 Å². The summed E-state index contributed by atoms with van der Waals surface area (Å²) in [6.07, 6.45) is 9.56. The van der Waals surface area contributed by atoms with Crippen LogP contribution < -0.4 is 24.3 Å². The van der Waals surface area contributed by atoms with E-state index >= 15 is 0 Å². The molecule has 10 heteroatoms. The van der Waals surface area contributed by atoms with E-state index in [0.717, 1.165) is 52.2 Å². The van der Waals surface area contributed by atoms with E-state index in [-0.39, 0.29) is 5.56 Å². The number of thiazole rings is 1. The van der Waals surface area contributed by atoms with E-state index in [1.54, 1.807) is 13.2 Å². The van der Waals surface area contributed by atoms with Crippen LogP contribution in [0.3, 0.4) is 0 Å². The van der Waals surface area contributed by atoms with Crippen LogP contribution in [-0.4, -0.2) is 44.7 Å². The third-order valence-corrected chi connectivity index (χ3v) is 8.34. The zero-order chi connectivity index (χ0) is 32.0. The second kappa shape index (κ2) is 13.8. The van der Waals surface area contributed by atoms with Gasteiger partial charge in [0.25, 0.3) is 5.56 Å². The van der Waals surface area contributed by atoms with Crippen molar-refractivity contribution in [3.8, 4) is 34.2 Å². The largest absolute Gasteiger partial charge is 0.494 e. The summed E-state index contributed by atoms with van der Waals surface area (Å²) >= 11 is 1.30. The summed E-state index contributed by atoms with van der Waals surface area (Å²) in [7, 11) is 1.61. The average Bonchev–Trinajstić information content (AvgIpc) is 3.75. The zero-order valence-electron chi connectivity index (χ0n) is 26.3. The molecule has 0 saturated carbocycles. The predicted octanol–water partition coefficient (Wildman–Crippen LogP) is 6.62. The molecule has 3 aromatic carbocycles. The van der Waals surface area contributed by atoms with E-state index in [9.17, 15) is 4.79 Å². The van der Waals surface area contributed by atoms with Gasteiger partial charge in [-0.15, -0.1) is 5.10 Å². The summed E-state index contributed by atoms with van der Waals surface area (Å²) in [5, 5.41) is 9.44. The Morgan fingerprint density at radius 2 is 1.78 bits per heavy atom. The molecule has 0 bridgehead atoms. The highest BCUT2D eigenvalue weighted by Crippen LogP contribution is 2.31. The molecular formula is C36H35N5O4S. The third kappa shape index (κ3) is 6.57. The maximum atomic E-state index is 13.5. The van der Waals surface area contributed by atoms with Gasteiger partial charge >= 0.3 is 0 Å². The minimum absolute atomic E-state index is 0.232. The number of nitrogens with zero attached hydrogens (tertiary/aromatic N) is 5. The van der Waals surface area contributed by atoms with E-state index in [1.165, 1.54) is 15.9 Å². The fourth-order valence-corrected chi connectivity index (χ4v) is 5.94. The van der Waals surface area contributed by atoms with Crippen molar-refractivity contribution in [2.24, 2.45) is 0 Å². The molecule has 6 aromatic rings. The van der Waals surface area contributed by atoms with Crippen LogP contribution in [0.15, 0.2) is 77.7 Å². The second-order valence-electron chi connectivity index (χ2n) is 10.6. The molecule has 3 heterocycles. The van der Waals surface area contributed by atoms with Gasteiger partial charge in [-0.1, -0.05) is 55.0 Å². The molecule has 9 nitrogen and oxygen atoms in total. The lowest BCUT2D eigenvalue weighted by Crippen LogP contribution is -2.23. The fraction of sp³-hybridized carbons (Fsp3) is 0.222. The number of para-hydroxylation sites is 1. The summed E-state index contributed by atoms with van der Waals surface area (Å²) in [6, 6.07) is 21.6. The summed E-state index contributed by atoms with van der Waals surface area (Å²) in [5.41, 5.74) is 5.18. The van der Waals surface area contributed by atoms with E-state index in [1.807, 2.05) is 104 Å². The molecule has 0 saturated heterocycles. The Kier molecular flexibility index (Phi) is 9.25. The Morgan fingerprint density at radius 1 is 0.935 bits per heavy atom. The summed E-state index contributed by atoms with van der Waals surface area (Å²) in [6.45, 7) is 7.36. The van der Waals surface area contributed by atoms with E-state index in [2.05, 4.69) is 17.0 Å². The molecule has 0 unspecified atom stereocenters. The number of ether oxygens (including phenoxy) is 3. The van der Waals surface area contributed by atoms with Crippen molar-refractivity contribution in [3.63, 3.8) is 0 Å². The fourth-order valence-electron chi connectivity index (χ4n) is 5.04. The normalized spacial score (nSPS) is 12.0. The van der Waals surface area contributed by atoms with Gasteiger partial charge in [-0.05, 0) is 86.0 Å². The van der Waals surface area contributed by atoms with Crippen LogP contribution in [0.1, 0.15) is 49.2 Å². The Labute approximate surface area is 271 Å². The van der Waals surface area contributed by atoms with Crippen LogP contribution >= 0.6 is 11.3 Å². The van der Waals surface area contributed by atoms with Gasteiger partial charge in [0.05, 0.1) is 30.5 Å². The number of hydrogen-bond acceptors (Lipinski definition) is 8. The Balaban J connectivity index is 1.34. The molecule has 234 valence electrons. The van der Waals surface area contributed by atoms with Gasteiger partial charge in [-0.25, -0.2) is 4.68 Å². The molecule has 6 rings (SSSR count). The van der Waals surface area contributed by atoms with Crippen LogP contribution in [0.2, 0.25) is 0 Å². The second-order valence-corrected chi connectivity index (χ2v) is 11.7. The topological polar surface area (TPSA) is 92.8 Å². The number of methoxy groups -OCH3 is 1. The molecule has 0 radical (unpaired) electrons. The van der Waals surface area contributed by atoms with Crippen molar-refractivity contribution < 1.29 is 14.2 Å². The molecule has 0 amide bonds. The average molecular weight is 634 g/mol. The minimum atomic E-state index is -0.232. The van der Waals surface area contributed by atoms with Gasteiger partial charge in [0.15, 0.2) is 17.3 Å². The van der Waals surface area contributed by atoms with Gasteiger partial charge in [0, 0.05) is 17.3 Å². The summed E-state index contributed by atoms with van der Waals surface area (Å²) in [4.78, 5) is 18.6. The molecule has 46 heavy (non-hydrogen) atoms. The minimum Gasteiger partial charge on any atom is -0.494 e. The number of fused-ring (bicyclic) bond motifs is 1. The van der Waals surface area contributed by atoms with Crippen molar-refractivity contribution in [1.82, 2.24) is 24.4 Å². The van der Waals surface area contributed by atoms with E-state index in [0.29, 0.717) is 40.0 Å². The predicted molar refractivity (Wildman–Crippen MR) is 183 cm³/mol. The van der Waals surface area contributed by atoms with Crippen LogP contribution in [0.25, 0.3) is 40.1 Å². The molecule has 0 aliphatic rings. The van der Waals surface area contributed by atoms with Crippen LogP contribution in [-0.2, 0) is 0 Å². The molecule has 0 N–H and O–H groups in total. The maximum absolute atomic E-state index is 13.5. The van der Waals surface area contributed by atoms with Crippen molar-refractivity contribution in [1.29, 1.82) is 0 Å². The third-order valence-electron chi connectivity index (χ3n) is 7.38. The highest BCUT2D eigenvalue weighted by molar-refractivity contribution is 7.15. The first-order chi connectivity index (χ1) is 22.5. The van der Waals surface area contributed by atoms with E-state index < -0.39 is 0 Å². The lowest BCUT2D eigenvalue weighted by molar-refractivity contribution is 0.309. The molecule has 0 aliphatic carbocycles. The number of unbranched alkanes of at least 4 members (excludes halogenated alkanes) is 1. The van der Waals surface area contributed by atoms with Crippen molar-refractivity contribution in [2.45, 2.75) is 33.6 Å². The van der Waals surface area contributed by atoms with Gasteiger partial charge < -0.3 is 14.2 Å². The standard InChI is InChI=1S/C36H35N5O4S/c1-5-7-19-45-28-15-16-29(24(3)20-28)34-26(23-40(39-34)27-11-9-8-10-12-27)22-32-35(42)41-36(46-32)37-33(38-41)18-14-25-13-17-30(44-6-2)31(21-25)43-4/h8-18,20-23H,5-7,19H2,1-4H3/b18-14+,32-22-. The number of benzene rings is 3. The summed E-state index contributed by atoms with van der Waals surface area (Å²) < 4.78 is 20.7. The van der Waals surface area contributed by atoms with Gasteiger partial charge in [-0.3, -0.25) is 4.79 Å². The lowest BCUT2D eigenvalue weighted by atomic mass is 10.0. The van der Waals surface area contributed by atoms with Crippen LogP contribution in [0.4, 0.5) is 0 Å². The Morgan fingerprint density at radius 3 is 2.52 bits per heavy atom. The molecule has 0 spiro atoms. The highest BCUT2D eigenvalue weighted by Gasteiger charge is 2.16. The van der Waals surface area contributed by atoms with Crippen LogP contribution in [0.5, 0.6) is 17.2 Å². The molecule has 0 aliphatic heterocycles. The van der Waals surface area contributed by atoms with Crippen molar-refractivity contribution >= 4 is 34.5 Å². The van der Waals surface area contributed by atoms with E-state index in [4.69, 9.17) is 19.3 Å². The van der Waals surface area contributed by atoms with Gasteiger partial charge in [-0.2, -0.15) is 14.6 Å². The molecule has 3 aromatic heterocycles. The first-order valence-corrected chi connectivity index (χ1v) is 16.1. The molecule has 0 atom stereocenters. The summed E-state index contributed by atoms with van der Waals surface area (Å²) in [5.74, 6) is 2.61. The monoisotopic (exact) mass is 633 g/mol. The number of hydrogen-bond donors (Lipinski definition) is 0. The molecular weight excluding hydrogens is 598 g/mol. The Hall–Kier alpha value is -5.22. The van der Waals surface area contributed by atoms with Crippen molar-refractivity contribution in [3.05, 3.63) is 110 Å². The number of rotatable bonds is 12. The highest BCUT2D eigenvalue weighted by atomic mass is 32.1. The van der Waals surface area contributed by atoms with Crippen LogP contribution in [0, 0.1) is 6.92 Å². The van der Waals surface area contributed by atoms with Crippen molar-refractivity contribution in [2.75, 3.05) is 20.3 Å². The Bertz CT molecular complexity index is 2110. The van der Waals surface area contributed by atoms with Gasteiger partial charge in [0.1, 0.15) is 11.4 Å². The maximum Gasteiger partial charge on any atom is 0.291 e. The first kappa shape index (κ1) is 30.8. The SMILES string of the molecule is CCCCOc1ccc(-c2nn(-c3ccccc3)cc2/C=c2\sc3nc(/C=C/c4ccc(OCC)c(OC)c4)nn3c2=O)c(C)c1. The first-order valence-electron chi connectivity index (χ1n) is 15.3. The zero-order valence-corrected chi connectivity index (χ0v) is 27.1. The number of aryl methyl sites for hydroxylation is 1. The number of aromatic nitrogens is 5.